The summed E-state index contributed by atoms with van der Waals surface area (Å²) in [6, 6.07) is 2.95. The summed E-state index contributed by atoms with van der Waals surface area (Å²) in [6.07, 6.45) is 0. The molecule has 0 spiro atoms. The Morgan fingerprint density at radius 3 is 2.54 bits per heavy atom. The van der Waals surface area contributed by atoms with E-state index >= 15 is 0 Å². The summed E-state index contributed by atoms with van der Waals surface area (Å²) in [6.45, 7) is 5.65. The Kier molecular flexibility index (Phi) is 5.88. The Morgan fingerprint density at radius 1 is 1.25 bits per heavy atom. The van der Waals surface area contributed by atoms with Crippen LogP contribution in [-0.4, -0.2) is 49.4 Å². The van der Waals surface area contributed by atoms with Crippen LogP contribution in [0.1, 0.15) is 24.2 Å². The van der Waals surface area contributed by atoms with Gasteiger partial charge in [0.25, 0.3) is 5.91 Å². The van der Waals surface area contributed by atoms with Crippen LogP contribution in [0.25, 0.3) is 0 Å². The Morgan fingerprint density at radius 2 is 1.96 bits per heavy atom. The van der Waals surface area contributed by atoms with Crippen molar-refractivity contribution in [2.75, 3.05) is 26.7 Å². The van der Waals surface area contributed by atoms with Gasteiger partial charge in [0.1, 0.15) is 0 Å². The number of likely N-dealkylation sites (tertiary alicyclic amines) is 1. The fourth-order valence-corrected chi connectivity index (χ4v) is 3.04. The molecule has 1 aliphatic rings. The van der Waals surface area contributed by atoms with Crippen LogP contribution in [-0.2, 0) is 4.79 Å². The van der Waals surface area contributed by atoms with Gasteiger partial charge < -0.3 is 10.6 Å². The molecule has 0 bridgehead atoms. The Labute approximate surface area is 140 Å². The molecule has 0 saturated carbocycles. The molecular formula is C17H23F2N3O2. The van der Waals surface area contributed by atoms with Gasteiger partial charge in [-0.15, -0.1) is 0 Å². The van der Waals surface area contributed by atoms with E-state index in [1.54, 1.807) is 7.05 Å². The maximum Gasteiger partial charge on any atom is 0.251 e. The van der Waals surface area contributed by atoms with E-state index in [0.717, 1.165) is 12.1 Å². The van der Waals surface area contributed by atoms with E-state index in [0.29, 0.717) is 19.0 Å². The number of carbonyl (C=O) groups excluding carboxylic acids is 2. The van der Waals surface area contributed by atoms with E-state index in [9.17, 15) is 18.4 Å². The third-order valence-corrected chi connectivity index (χ3v) is 4.44. The molecule has 1 aliphatic heterocycles. The summed E-state index contributed by atoms with van der Waals surface area (Å²) < 4.78 is 26.3. The third-order valence-electron chi connectivity index (χ3n) is 4.44. The van der Waals surface area contributed by atoms with Gasteiger partial charge in [0.15, 0.2) is 11.6 Å². The van der Waals surface area contributed by atoms with Crippen LogP contribution in [0.5, 0.6) is 0 Å². The number of rotatable bonds is 5. The molecule has 2 unspecified atom stereocenters. The van der Waals surface area contributed by atoms with Crippen molar-refractivity contribution in [1.82, 2.24) is 15.5 Å². The Hall–Kier alpha value is -2.02. The molecule has 1 saturated heterocycles. The van der Waals surface area contributed by atoms with E-state index in [1.807, 2.05) is 4.90 Å². The predicted molar refractivity (Wildman–Crippen MR) is 86.4 cm³/mol. The number of hydrogen-bond acceptors (Lipinski definition) is 3. The van der Waals surface area contributed by atoms with Gasteiger partial charge in [0, 0.05) is 31.7 Å². The minimum Gasteiger partial charge on any atom is -0.358 e. The van der Waals surface area contributed by atoms with E-state index in [4.69, 9.17) is 0 Å². The number of likely N-dealkylation sites (N-methyl/N-ethyl adjacent to an activating group) is 1. The van der Waals surface area contributed by atoms with Crippen molar-refractivity contribution < 1.29 is 18.4 Å². The van der Waals surface area contributed by atoms with E-state index in [2.05, 4.69) is 24.5 Å². The Bertz CT molecular complexity index is 622. The van der Waals surface area contributed by atoms with Gasteiger partial charge >= 0.3 is 0 Å². The average Bonchev–Trinajstić information content (AvgIpc) is 2.92. The SMILES string of the molecule is CNC(=O)CN1CC(NC(=O)c2ccc(F)c(F)c2)C(C(C)C)C1. The van der Waals surface area contributed by atoms with Gasteiger partial charge in [-0.05, 0) is 30.0 Å². The quantitative estimate of drug-likeness (QED) is 0.852. The smallest absolute Gasteiger partial charge is 0.251 e. The molecule has 132 valence electrons. The summed E-state index contributed by atoms with van der Waals surface area (Å²) in [5.41, 5.74) is 0.0844. The maximum absolute atomic E-state index is 13.3. The summed E-state index contributed by atoms with van der Waals surface area (Å²) in [7, 11) is 1.58. The van der Waals surface area contributed by atoms with Crippen LogP contribution in [0, 0.1) is 23.5 Å². The lowest BCUT2D eigenvalue weighted by Crippen LogP contribution is -2.42. The summed E-state index contributed by atoms with van der Waals surface area (Å²) in [5, 5.41) is 5.48. The summed E-state index contributed by atoms with van der Waals surface area (Å²) >= 11 is 0. The minimum absolute atomic E-state index is 0.0786. The highest BCUT2D eigenvalue weighted by Gasteiger charge is 2.36. The zero-order chi connectivity index (χ0) is 17.9. The maximum atomic E-state index is 13.3. The van der Waals surface area contributed by atoms with Gasteiger partial charge in [-0.2, -0.15) is 0 Å². The highest BCUT2D eigenvalue weighted by atomic mass is 19.2. The van der Waals surface area contributed by atoms with Crippen molar-refractivity contribution in [3.05, 3.63) is 35.4 Å². The average molecular weight is 339 g/mol. The molecule has 2 N–H and O–H groups in total. The topological polar surface area (TPSA) is 61.4 Å². The highest BCUT2D eigenvalue weighted by Crippen LogP contribution is 2.24. The lowest BCUT2D eigenvalue weighted by molar-refractivity contribution is -0.121. The van der Waals surface area contributed by atoms with Crippen LogP contribution < -0.4 is 10.6 Å². The second-order valence-corrected chi connectivity index (χ2v) is 6.48. The highest BCUT2D eigenvalue weighted by molar-refractivity contribution is 5.94. The van der Waals surface area contributed by atoms with Crippen LogP contribution in [0.4, 0.5) is 8.78 Å². The fraction of sp³-hybridized carbons (Fsp3) is 0.529. The van der Waals surface area contributed by atoms with Gasteiger partial charge in [0.2, 0.25) is 5.91 Å². The number of carbonyl (C=O) groups is 2. The van der Waals surface area contributed by atoms with E-state index in [-0.39, 0.29) is 30.0 Å². The fourth-order valence-electron chi connectivity index (χ4n) is 3.04. The number of halogens is 2. The summed E-state index contributed by atoms with van der Waals surface area (Å²) in [4.78, 5) is 25.9. The first kappa shape index (κ1) is 18.3. The molecule has 7 heteroatoms. The van der Waals surface area contributed by atoms with Crippen molar-refractivity contribution in [1.29, 1.82) is 0 Å². The van der Waals surface area contributed by atoms with Crippen LogP contribution in [0.2, 0.25) is 0 Å². The van der Waals surface area contributed by atoms with Gasteiger partial charge in [-0.3, -0.25) is 14.5 Å². The molecule has 2 atom stereocenters. The molecule has 2 rings (SSSR count). The van der Waals surface area contributed by atoms with Crippen molar-refractivity contribution in [3.63, 3.8) is 0 Å². The number of hydrogen-bond donors (Lipinski definition) is 2. The molecule has 1 aromatic carbocycles. The molecule has 5 nitrogen and oxygen atoms in total. The van der Waals surface area contributed by atoms with Crippen molar-refractivity contribution in [2.45, 2.75) is 19.9 Å². The van der Waals surface area contributed by atoms with Crippen LogP contribution >= 0.6 is 0 Å². The zero-order valence-corrected chi connectivity index (χ0v) is 14.1. The molecule has 1 aromatic rings. The largest absolute Gasteiger partial charge is 0.358 e. The van der Waals surface area contributed by atoms with Gasteiger partial charge in [0.05, 0.1) is 6.54 Å². The number of nitrogens with one attached hydrogen (secondary N) is 2. The third kappa shape index (κ3) is 4.29. The monoisotopic (exact) mass is 339 g/mol. The zero-order valence-electron chi connectivity index (χ0n) is 14.1. The van der Waals surface area contributed by atoms with Crippen LogP contribution in [0.15, 0.2) is 18.2 Å². The molecule has 1 heterocycles. The second kappa shape index (κ2) is 7.70. The van der Waals surface area contributed by atoms with Crippen LogP contribution in [0.3, 0.4) is 0 Å². The molecule has 0 aliphatic carbocycles. The normalized spacial score (nSPS) is 21.1. The summed E-state index contributed by atoms with van der Waals surface area (Å²) in [5.74, 6) is -2.05. The molecule has 0 aromatic heterocycles. The Balaban J connectivity index is 2.06. The van der Waals surface area contributed by atoms with Gasteiger partial charge in [-0.1, -0.05) is 13.8 Å². The molecule has 1 fully saturated rings. The lowest BCUT2D eigenvalue weighted by Gasteiger charge is -2.23. The molecular weight excluding hydrogens is 316 g/mol. The second-order valence-electron chi connectivity index (χ2n) is 6.48. The minimum atomic E-state index is -1.05. The number of nitrogens with zero attached hydrogens (tertiary/aromatic N) is 1. The predicted octanol–water partition coefficient (Wildman–Crippen LogP) is 1.40. The first-order valence-corrected chi connectivity index (χ1v) is 8.00. The van der Waals surface area contributed by atoms with Crippen molar-refractivity contribution in [3.8, 4) is 0 Å². The van der Waals surface area contributed by atoms with Crippen molar-refractivity contribution >= 4 is 11.8 Å². The molecule has 2 amide bonds. The number of benzene rings is 1. The van der Waals surface area contributed by atoms with E-state index in [1.165, 1.54) is 6.07 Å². The molecule has 0 radical (unpaired) electrons. The number of amides is 2. The van der Waals surface area contributed by atoms with E-state index < -0.39 is 17.5 Å². The van der Waals surface area contributed by atoms with Crippen molar-refractivity contribution in [2.24, 2.45) is 11.8 Å². The lowest BCUT2D eigenvalue weighted by atomic mass is 9.91. The van der Waals surface area contributed by atoms with Gasteiger partial charge in [-0.25, -0.2) is 8.78 Å². The first-order chi connectivity index (χ1) is 11.3. The first-order valence-electron chi connectivity index (χ1n) is 8.00. The molecule has 24 heavy (non-hydrogen) atoms. The standard InChI is InChI=1S/C17H23F2N3O2/c1-10(2)12-7-22(9-16(23)20-3)8-15(12)21-17(24)11-4-5-13(18)14(19)6-11/h4-6,10,12,15H,7-9H2,1-3H3,(H,20,23)(H,21,24).